The first-order valence-electron chi connectivity index (χ1n) is 8.11. The molecule has 0 radical (unpaired) electrons. The maximum Gasteiger partial charge on any atom is 0.125 e. The van der Waals surface area contributed by atoms with Crippen molar-refractivity contribution in [1.82, 2.24) is 9.78 Å². The number of nitrogens with zero attached hydrogens (tertiary/aromatic N) is 2. The first-order chi connectivity index (χ1) is 11.6. The van der Waals surface area contributed by atoms with Crippen molar-refractivity contribution in [3.8, 4) is 11.3 Å². The molecule has 0 atom stereocenters. The van der Waals surface area contributed by atoms with Crippen LogP contribution in [0.4, 0.5) is 5.82 Å². The third-order valence-electron chi connectivity index (χ3n) is 4.27. The topological polar surface area (TPSA) is 63.2 Å². The van der Waals surface area contributed by atoms with Crippen LogP contribution in [0.5, 0.6) is 0 Å². The van der Waals surface area contributed by atoms with Gasteiger partial charge in [-0.2, -0.15) is 5.10 Å². The Balaban J connectivity index is 1.82. The number of nitrogens with one attached hydrogen (secondary N) is 1. The zero-order valence-electron chi connectivity index (χ0n) is 14.3. The molecular formula is C19H23N3O2. The molecule has 0 fully saturated rings. The van der Waals surface area contributed by atoms with Crippen molar-refractivity contribution in [2.45, 2.75) is 33.9 Å². The second-order valence-corrected chi connectivity index (χ2v) is 6.02. The zero-order valence-corrected chi connectivity index (χ0v) is 14.3. The Morgan fingerprint density at radius 3 is 2.62 bits per heavy atom. The van der Waals surface area contributed by atoms with Crippen LogP contribution in [0.3, 0.4) is 0 Å². The van der Waals surface area contributed by atoms with Crippen molar-refractivity contribution in [2.24, 2.45) is 0 Å². The van der Waals surface area contributed by atoms with E-state index in [2.05, 4.69) is 42.5 Å². The van der Waals surface area contributed by atoms with Crippen LogP contribution in [-0.2, 0) is 13.1 Å². The van der Waals surface area contributed by atoms with Gasteiger partial charge in [0.15, 0.2) is 0 Å². The summed E-state index contributed by atoms with van der Waals surface area (Å²) in [6.45, 7) is 7.36. The summed E-state index contributed by atoms with van der Waals surface area (Å²) < 4.78 is 7.16. The van der Waals surface area contributed by atoms with Gasteiger partial charge in [-0.25, -0.2) is 4.68 Å². The summed E-state index contributed by atoms with van der Waals surface area (Å²) >= 11 is 0. The van der Waals surface area contributed by atoms with Gasteiger partial charge in [0.05, 0.1) is 25.1 Å². The molecule has 0 aliphatic carbocycles. The lowest BCUT2D eigenvalue weighted by Gasteiger charge is -2.10. The normalized spacial score (nSPS) is 11.0. The highest BCUT2D eigenvalue weighted by Gasteiger charge is 2.12. The molecule has 0 saturated carbocycles. The second-order valence-electron chi connectivity index (χ2n) is 6.02. The highest BCUT2D eigenvalue weighted by atomic mass is 16.3. The molecular weight excluding hydrogens is 302 g/mol. The van der Waals surface area contributed by atoms with E-state index in [1.807, 2.05) is 19.1 Å². The minimum absolute atomic E-state index is 0.0454. The van der Waals surface area contributed by atoms with Gasteiger partial charge in [-0.3, -0.25) is 0 Å². The summed E-state index contributed by atoms with van der Waals surface area (Å²) in [7, 11) is 0. The van der Waals surface area contributed by atoms with Gasteiger partial charge in [-0.1, -0.05) is 18.2 Å². The van der Waals surface area contributed by atoms with Crippen molar-refractivity contribution in [3.05, 3.63) is 59.0 Å². The molecule has 0 saturated heterocycles. The first kappa shape index (κ1) is 16.3. The molecule has 0 aliphatic rings. The van der Waals surface area contributed by atoms with Crippen LogP contribution in [0.15, 0.2) is 41.0 Å². The molecule has 24 heavy (non-hydrogen) atoms. The number of benzene rings is 1. The molecule has 0 spiro atoms. The fourth-order valence-electron chi connectivity index (χ4n) is 2.71. The minimum Gasteiger partial charge on any atom is -0.469 e. The van der Waals surface area contributed by atoms with Crippen LogP contribution in [0.2, 0.25) is 0 Å². The van der Waals surface area contributed by atoms with Crippen LogP contribution < -0.4 is 5.32 Å². The number of aromatic nitrogens is 2. The average molecular weight is 325 g/mol. The third-order valence-corrected chi connectivity index (χ3v) is 4.27. The maximum absolute atomic E-state index is 9.28. The van der Waals surface area contributed by atoms with Crippen LogP contribution in [0, 0.1) is 20.8 Å². The van der Waals surface area contributed by atoms with Crippen molar-refractivity contribution in [1.29, 1.82) is 0 Å². The smallest absolute Gasteiger partial charge is 0.125 e. The van der Waals surface area contributed by atoms with E-state index in [1.165, 1.54) is 16.7 Å². The summed E-state index contributed by atoms with van der Waals surface area (Å²) in [5.74, 6) is 1.72. The number of aliphatic hydroxyl groups excluding tert-OH is 1. The molecule has 126 valence electrons. The van der Waals surface area contributed by atoms with Gasteiger partial charge in [-0.15, -0.1) is 0 Å². The third kappa shape index (κ3) is 3.36. The van der Waals surface area contributed by atoms with Gasteiger partial charge in [0.25, 0.3) is 0 Å². The van der Waals surface area contributed by atoms with E-state index in [4.69, 9.17) is 4.42 Å². The van der Waals surface area contributed by atoms with Gasteiger partial charge >= 0.3 is 0 Å². The van der Waals surface area contributed by atoms with E-state index in [1.54, 1.807) is 10.9 Å². The Kier molecular flexibility index (Phi) is 4.71. The first-order valence-corrected chi connectivity index (χ1v) is 8.11. The Morgan fingerprint density at radius 1 is 1.12 bits per heavy atom. The Morgan fingerprint density at radius 2 is 1.96 bits per heavy atom. The Hall–Kier alpha value is -2.53. The molecule has 0 amide bonds. The van der Waals surface area contributed by atoms with Crippen LogP contribution in [-0.4, -0.2) is 21.5 Å². The number of aryl methyl sites for hydroxylation is 3. The van der Waals surface area contributed by atoms with E-state index < -0.39 is 0 Å². The van der Waals surface area contributed by atoms with E-state index >= 15 is 0 Å². The fraction of sp³-hybridized carbons (Fsp3) is 0.316. The molecule has 0 aliphatic heterocycles. The van der Waals surface area contributed by atoms with Gasteiger partial charge in [-0.05, 0) is 43.5 Å². The molecule has 2 heterocycles. The summed E-state index contributed by atoms with van der Waals surface area (Å²) in [6.07, 6.45) is 1.66. The molecule has 3 rings (SSSR count). The van der Waals surface area contributed by atoms with Crippen molar-refractivity contribution in [2.75, 3.05) is 11.9 Å². The molecule has 1 aromatic carbocycles. The monoisotopic (exact) mass is 325 g/mol. The highest BCUT2D eigenvalue weighted by Crippen LogP contribution is 2.26. The van der Waals surface area contributed by atoms with E-state index in [0.717, 1.165) is 22.8 Å². The van der Waals surface area contributed by atoms with Gasteiger partial charge in [0.2, 0.25) is 0 Å². The van der Waals surface area contributed by atoms with Gasteiger partial charge < -0.3 is 14.8 Å². The van der Waals surface area contributed by atoms with Crippen molar-refractivity contribution in [3.63, 3.8) is 0 Å². The number of hydrogen-bond donors (Lipinski definition) is 2. The second kappa shape index (κ2) is 6.93. The maximum atomic E-state index is 9.28. The molecule has 0 bridgehead atoms. The van der Waals surface area contributed by atoms with Gasteiger partial charge in [0, 0.05) is 18.2 Å². The van der Waals surface area contributed by atoms with Crippen LogP contribution >= 0.6 is 0 Å². The predicted molar refractivity (Wildman–Crippen MR) is 95.0 cm³/mol. The lowest BCUT2D eigenvalue weighted by molar-refractivity contribution is 0.270. The van der Waals surface area contributed by atoms with E-state index in [0.29, 0.717) is 13.1 Å². The fourth-order valence-corrected chi connectivity index (χ4v) is 2.71. The Bertz CT molecular complexity index is 833. The molecule has 2 N–H and O–H groups in total. The molecule has 5 nitrogen and oxygen atoms in total. The van der Waals surface area contributed by atoms with E-state index in [9.17, 15) is 5.11 Å². The summed E-state index contributed by atoms with van der Waals surface area (Å²) in [5, 5.41) is 17.3. The summed E-state index contributed by atoms with van der Waals surface area (Å²) in [6, 6.07) is 10.4. The number of furan rings is 1. The number of hydrogen-bond acceptors (Lipinski definition) is 4. The zero-order chi connectivity index (χ0) is 17.1. The van der Waals surface area contributed by atoms with Crippen LogP contribution in [0.25, 0.3) is 11.3 Å². The number of aliphatic hydroxyl groups is 1. The number of rotatable bonds is 6. The molecule has 5 heteroatoms. The van der Waals surface area contributed by atoms with Crippen LogP contribution in [0.1, 0.15) is 22.5 Å². The Labute approximate surface area is 141 Å². The van der Waals surface area contributed by atoms with Gasteiger partial charge in [0.1, 0.15) is 11.6 Å². The SMILES string of the molecule is Cc1ccc(CNc2cc(-c3ccoc3C)nn2CCO)cc1C. The highest BCUT2D eigenvalue weighted by molar-refractivity contribution is 5.64. The van der Waals surface area contributed by atoms with Crippen molar-refractivity contribution >= 4 is 5.82 Å². The lowest BCUT2D eigenvalue weighted by Crippen LogP contribution is -2.10. The minimum atomic E-state index is 0.0454. The van der Waals surface area contributed by atoms with Crippen molar-refractivity contribution < 1.29 is 9.52 Å². The van der Waals surface area contributed by atoms with E-state index in [-0.39, 0.29) is 6.61 Å². The molecule has 0 unspecified atom stereocenters. The quantitative estimate of drug-likeness (QED) is 0.726. The standard InChI is InChI=1S/C19H23N3O2/c1-13-4-5-16(10-14(13)2)12-20-19-11-18(21-22(19)7-8-23)17-6-9-24-15(17)3/h4-6,9-11,20,23H,7-8,12H2,1-3H3. The number of anilines is 1. The largest absolute Gasteiger partial charge is 0.469 e. The predicted octanol–water partition coefficient (Wildman–Crippen LogP) is 3.67. The lowest BCUT2D eigenvalue weighted by atomic mass is 10.1. The summed E-state index contributed by atoms with van der Waals surface area (Å²) in [4.78, 5) is 0. The summed E-state index contributed by atoms with van der Waals surface area (Å²) in [5.41, 5.74) is 5.61. The average Bonchev–Trinajstić information content (AvgIpc) is 3.15. The molecule has 3 aromatic rings. The molecule has 2 aromatic heterocycles.